The Morgan fingerprint density at radius 2 is 1.04 bits per heavy atom. The number of nitrogens with zero attached hydrogens (tertiary/aromatic N) is 1. The molecule has 0 saturated heterocycles. The van der Waals surface area contributed by atoms with Crippen LogP contribution < -0.4 is 4.90 Å². The quantitative estimate of drug-likeness (QED) is 0.613. The van der Waals surface area contributed by atoms with Crippen molar-refractivity contribution in [3.8, 4) is 0 Å². The van der Waals surface area contributed by atoms with Gasteiger partial charge in [0.15, 0.2) is 0 Å². The SMILES string of the molecule is COC1C=C(c2ccccc2)N(c2ccccc2)C(c2ccccc2)=C1. The topological polar surface area (TPSA) is 12.5 Å². The molecule has 3 aromatic carbocycles. The summed E-state index contributed by atoms with van der Waals surface area (Å²) in [5, 5.41) is 0. The third-order valence-electron chi connectivity index (χ3n) is 4.55. The van der Waals surface area contributed by atoms with Crippen LogP contribution in [0.4, 0.5) is 5.69 Å². The molecule has 0 saturated carbocycles. The van der Waals surface area contributed by atoms with Crippen LogP contribution in [0.5, 0.6) is 0 Å². The summed E-state index contributed by atoms with van der Waals surface area (Å²) in [6, 6.07) is 31.4. The first-order valence-corrected chi connectivity index (χ1v) is 8.79. The van der Waals surface area contributed by atoms with Crippen molar-refractivity contribution in [3.63, 3.8) is 0 Å². The van der Waals surface area contributed by atoms with Gasteiger partial charge in [-0.1, -0.05) is 78.9 Å². The van der Waals surface area contributed by atoms with Crippen molar-refractivity contribution in [1.29, 1.82) is 0 Å². The Kier molecular flexibility index (Phi) is 4.67. The maximum Gasteiger partial charge on any atom is 0.0980 e. The minimum Gasteiger partial charge on any atom is -0.373 e. The van der Waals surface area contributed by atoms with Crippen LogP contribution in [0.2, 0.25) is 0 Å². The van der Waals surface area contributed by atoms with Crippen LogP contribution in [0.1, 0.15) is 11.1 Å². The van der Waals surface area contributed by atoms with Gasteiger partial charge in [0.2, 0.25) is 0 Å². The van der Waals surface area contributed by atoms with E-state index in [0.717, 1.165) is 17.1 Å². The number of rotatable bonds is 4. The molecule has 0 aliphatic carbocycles. The highest BCUT2D eigenvalue weighted by Gasteiger charge is 2.25. The molecule has 26 heavy (non-hydrogen) atoms. The Hall–Kier alpha value is -3.10. The molecule has 0 N–H and O–H groups in total. The van der Waals surface area contributed by atoms with Crippen molar-refractivity contribution in [2.75, 3.05) is 12.0 Å². The summed E-state index contributed by atoms with van der Waals surface area (Å²) in [6.45, 7) is 0. The lowest BCUT2D eigenvalue weighted by molar-refractivity contribution is 0.177. The van der Waals surface area contributed by atoms with Gasteiger partial charge in [-0.15, -0.1) is 0 Å². The molecule has 3 aromatic rings. The van der Waals surface area contributed by atoms with E-state index >= 15 is 0 Å². The van der Waals surface area contributed by atoms with Gasteiger partial charge in [0, 0.05) is 12.8 Å². The van der Waals surface area contributed by atoms with Gasteiger partial charge >= 0.3 is 0 Å². The van der Waals surface area contributed by atoms with Crippen molar-refractivity contribution < 1.29 is 4.74 Å². The number of hydrogen-bond donors (Lipinski definition) is 0. The van der Waals surface area contributed by atoms with Gasteiger partial charge < -0.3 is 9.64 Å². The van der Waals surface area contributed by atoms with Crippen LogP contribution >= 0.6 is 0 Å². The maximum atomic E-state index is 5.70. The summed E-state index contributed by atoms with van der Waals surface area (Å²) in [5.41, 5.74) is 5.72. The van der Waals surface area contributed by atoms with Gasteiger partial charge in [-0.05, 0) is 35.4 Å². The molecular weight excluding hydrogens is 318 g/mol. The fraction of sp³-hybridized carbons (Fsp3) is 0.0833. The zero-order valence-electron chi connectivity index (χ0n) is 14.7. The fourth-order valence-electron chi connectivity index (χ4n) is 3.30. The predicted molar refractivity (Wildman–Crippen MR) is 109 cm³/mol. The van der Waals surface area contributed by atoms with Crippen molar-refractivity contribution >= 4 is 17.1 Å². The third kappa shape index (κ3) is 3.19. The Morgan fingerprint density at radius 3 is 1.46 bits per heavy atom. The number of hydrogen-bond acceptors (Lipinski definition) is 2. The zero-order valence-corrected chi connectivity index (χ0v) is 14.7. The minimum atomic E-state index is -0.0691. The summed E-state index contributed by atoms with van der Waals surface area (Å²) in [4.78, 5) is 2.31. The van der Waals surface area contributed by atoms with Crippen LogP contribution in [0, 0.1) is 0 Å². The van der Waals surface area contributed by atoms with Crippen LogP contribution in [0.3, 0.4) is 0 Å². The number of benzene rings is 3. The van der Waals surface area contributed by atoms with Gasteiger partial charge in [0.1, 0.15) is 0 Å². The first-order chi connectivity index (χ1) is 12.9. The second kappa shape index (κ2) is 7.42. The van der Waals surface area contributed by atoms with Gasteiger partial charge in [-0.2, -0.15) is 0 Å². The Labute approximate surface area is 154 Å². The monoisotopic (exact) mass is 339 g/mol. The normalized spacial score (nSPS) is 14.7. The zero-order chi connectivity index (χ0) is 17.8. The summed E-state index contributed by atoms with van der Waals surface area (Å²) in [7, 11) is 1.75. The lowest BCUT2D eigenvalue weighted by Gasteiger charge is -2.35. The lowest BCUT2D eigenvalue weighted by Crippen LogP contribution is -2.26. The number of para-hydroxylation sites is 1. The minimum absolute atomic E-state index is 0.0691. The van der Waals surface area contributed by atoms with Gasteiger partial charge in [-0.3, -0.25) is 0 Å². The molecule has 0 bridgehead atoms. The molecule has 2 nitrogen and oxygen atoms in total. The van der Waals surface area contributed by atoms with Gasteiger partial charge in [-0.25, -0.2) is 0 Å². The molecular formula is C24H21NO. The van der Waals surface area contributed by atoms with Crippen molar-refractivity contribution in [3.05, 3.63) is 114 Å². The molecule has 0 fully saturated rings. The number of ether oxygens (including phenoxy) is 1. The average molecular weight is 339 g/mol. The Morgan fingerprint density at radius 1 is 0.615 bits per heavy atom. The predicted octanol–water partition coefficient (Wildman–Crippen LogP) is 5.60. The van der Waals surface area contributed by atoms with E-state index in [4.69, 9.17) is 4.74 Å². The summed E-state index contributed by atoms with van der Waals surface area (Å²) >= 11 is 0. The smallest absolute Gasteiger partial charge is 0.0980 e. The second-order valence-electron chi connectivity index (χ2n) is 6.21. The molecule has 0 spiro atoms. The summed E-state index contributed by atoms with van der Waals surface area (Å²) in [6.07, 6.45) is 4.28. The molecule has 4 rings (SSSR count). The molecule has 0 radical (unpaired) electrons. The van der Waals surface area contributed by atoms with Crippen LogP contribution in [-0.2, 0) is 4.74 Å². The average Bonchev–Trinajstić information content (AvgIpc) is 2.74. The molecule has 1 aliphatic heterocycles. The fourth-order valence-corrected chi connectivity index (χ4v) is 3.30. The molecule has 1 aliphatic rings. The van der Waals surface area contributed by atoms with Crippen LogP contribution in [-0.4, -0.2) is 13.2 Å². The number of methoxy groups -OCH3 is 1. The molecule has 0 aromatic heterocycles. The van der Waals surface area contributed by atoms with Gasteiger partial charge in [0.05, 0.1) is 17.5 Å². The van der Waals surface area contributed by atoms with Crippen LogP contribution in [0.15, 0.2) is 103 Å². The number of anilines is 1. The second-order valence-corrected chi connectivity index (χ2v) is 6.21. The van der Waals surface area contributed by atoms with E-state index in [0.29, 0.717) is 0 Å². The molecule has 1 heterocycles. The lowest BCUT2D eigenvalue weighted by atomic mass is 9.99. The Bertz CT molecular complexity index is 857. The van der Waals surface area contributed by atoms with E-state index in [-0.39, 0.29) is 6.10 Å². The summed E-state index contributed by atoms with van der Waals surface area (Å²) in [5.74, 6) is 0. The van der Waals surface area contributed by atoms with Crippen molar-refractivity contribution in [1.82, 2.24) is 0 Å². The molecule has 0 amide bonds. The standard InChI is InChI=1S/C24H21NO/c1-26-22-17-23(19-11-5-2-6-12-19)25(21-15-9-4-10-16-21)24(18-22)20-13-7-3-8-14-20/h2-18,22H,1H3. The molecule has 0 unspecified atom stereocenters. The maximum absolute atomic E-state index is 5.70. The van der Waals surface area contributed by atoms with E-state index in [1.54, 1.807) is 7.11 Å². The van der Waals surface area contributed by atoms with Crippen molar-refractivity contribution in [2.45, 2.75) is 6.10 Å². The van der Waals surface area contributed by atoms with E-state index in [1.165, 1.54) is 11.1 Å². The van der Waals surface area contributed by atoms with E-state index in [9.17, 15) is 0 Å². The van der Waals surface area contributed by atoms with Crippen LogP contribution in [0.25, 0.3) is 11.4 Å². The highest BCUT2D eigenvalue weighted by molar-refractivity contribution is 5.97. The third-order valence-corrected chi connectivity index (χ3v) is 4.55. The first-order valence-electron chi connectivity index (χ1n) is 8.79. The molecule has 0 atom stereocenters. The van der Waals surface area contributed by atoms with Crippen molar-refractivity contribution in [2.24, 2.45) is 0 Å². The largest absolute Gasteiger partial charge is 0.373 e. The highest BCUT2D eigenvalue weighted by Crippen LogP contribution is 2.38. The summed E-state index contributed by atoms with van der Waals surface area (Å²) < 4.78 is 5.70. The molecule has 2 heteroatoms. The highest BCUT2D eigenvalue weighted by atomic mass is 16.5. The first kappa shape index (κ1) is 16.4. The van der Waals surface area contributed by atoms with E-state index in [1.807, 2.05) is 18.2 Å². The van der Waals surface area contributed by atoms with Gasteiger partial charge in [0.25, 0.3) is 0 Å². The van der Waals surface area contributed by atoms with E-state index < -0.39 is 0 Å². The Balaban J connectivity index is 1.90. The van der Waals surface area contributed by atoms with E-state index in [2.05, 4.69) is 89.8 Å². The molecule has 128 valence electrons.